The minimum atomic E-state index is -3.79. The summed E-state index contributed by atoms with van der Waals surface area (Å²) in [5.41, 5.74) is 3.06. The molecule has 3 rings (SSSR count). The summed E-state index contributed by atoms with van der Waals surface area (Å²) in [6, 6.07) is 9.48. The Morgan fingerprint density at radius 2 is 1.62 bits per heavy atom. The van der Waals surface area contributed by atoms with Crippen LogP contribution in [-0.2, 0) is 14.8 Å². The Bertz CT molecular complexity index is 1070. The van der Waals surface area contributed by atoms with Crippen LogP contribution in [0.4, 0.5) is 10.1 Å². The van der Waals surface area contributed by atoms with Gasteiger partial charge in [-0.3, -0.25) is 4.79 Å². The van der Waals surface area contributed by atoms with Gasteiger partial charge in [0.1, 0.15) is 5.82 Å². The monoisotopic (exact) mass is 480 g/mol. The first-order chi connectivity index (χ1) is 15.0. The molecule has 0 spiro atoms. The van der Waals surface area contributed by atoms with E-state index in [0.29, 0.717) is 12.8 Å². The molecule has 0 saturated carbocycles. The summed E-state index contributed by atoms with van der Waals surface area (Å²) in [6.45, 7) is 8.83. The van der Waals surface area contributed by atoms with Crippen LogP contribution in [0.3, 0.4) is 0 Å². The van der Waals surface area contributed by atoms with E-state index in [1.807, 2.05) is 18.2 Å². The molecule has 0 aromatic heterocycles. The zero-order chi connectivity index (χ0) is 23.6. The van der Waals surface area contributed by atoms with Crippen LogP contribution in [0.5, 0.6) is 0 Å². The van der Waals surface area contributed by atoms with E-state index in [1.165, 1.54) is 10.4 Å². The second kappa shape index (κ2) is 9.89. The van der Waals surface area contributed by atoms with E-state index >= 15 is 0 Å². The molecule has 2 aromatic carbocycles. The number of halogens is 2. The fourth-order valence-corrected chi connectivity index (χ4v) is 5.81. The molecular formula is C24H30ClFN2O3S. The third-order valence-electron chi connectivity index (χ3n) is 5.97. The normalized spacial score (nSPS) is 16.0. The highest BCUT2D eigenvalue weighted by Crippen LogP contribution is 2.34. The van der Waals surface area contributed by atoms with Crippen LogP contribution in [0.2, 0.25) is 5.02 Å². The van der Waals surface area contributed by atoms with Crippen molar-refractivity contribution < 1.29 is 17.6 Å². The average Bonchev–Trinajstić information content (AvgIpc) is 2.75. The smallest absolute Gasteiger partial charge is 0.243 e. The lowest BCUT2D eigenvalue weighted by Crippen LogP contribution is -2.41. The molecule has 1 heterocycles. The molecule has 0 radical (unpaired) electrons. The number of rotatable bonds is 6. The molecule has 0 unspecified atom stereocenters. The van der Waals surface area contributed by atoms with Crippen LogP contribution in [-0.4, -0.2) is 31.7 Å². The molecule has 174 valence electrons. The van der Waals surface area contributed by atoms with Crippen LogP contribution < -0.4 is 5.32 Å². The van der Waals surface area contributed by atoms with E-state index in [1.54, 1.807) is 0 Å². The minimum absolute atomic E-state index is 0.0424. The predicted molar refractivity (Wildman–Crippen MR) is 126 cm³/mol. The van der Waals surface area contributed by atoms with Gasteiger partial charge in [-0.05, 0) is 54.0 Å². The van der Waals surface area contributed by atoms with E-state index in [9.17, 15) is 17.6 Å². The maximum Gasteiger partial charge on any atom is 0.243 e. The lowest BCUT2D eigenvalue weighted by molar-refractivity contribution is -0.120. The molecule has 32 heavy (non-hydrogen) atoms. The molecule has 1 N–H and O–H groups in total. The molecule has 0 atom stereocenters. The van der Waals surface area contributed by atoms with E-state index < -0.39 is 15.8 Å². The summed E-state index contributed by atoms with van der Waals surface area (Å²) in [7, 11) is -3.79. The molecular weight excluding hydrogens is 451 g/mol. The molecule has 1 fully saturated rings. The van der Waals surface area contributed by atoms with Crippen LogP contribution in [0, 0.1) is 11.7 Å². The lowest BCUT2D eigenvalue weighted by atomic mass is 9.91. The summed E-state index contributed by atoms with van der Waals surface area (Å²) in [5.74, 6) is -0.499. The average molecular weight is 481 g/mol. The maximum atomic E-state index is 13.4. The molecule has 1 aliphatic rings. The highest BCUT2D eigenvalue weighted by atomic mass is 35.5. The molecule has 5 nitrogen and oxygen atoms in total. The number of para-hydroxylation sites is 1. The molecule has 0 aliphatic carbocycles. The van der Waals surface area contributed by atoms with Crippen molar-refractivity contribution >= 4 is 33.2 Å². The van der Waals surface area contributed by atoms with Gasteiger partial charge in [0.05, 0.1) is 9.92 Å². The second-order valence-electron chi connectivity index (χ2n) is 8.86. The van der Waals surface area contributed by atoms with E-state index in [2.05, 4.69) is 33.0 Å². The molecule has 1 amide bonds. The highest BCUT2D eigenvalue weighted by molar-refractivity contribution is 7.89. The number of amides is 1. The van der Waals surface area contributed by atoms with Gasteiger partial charge in [0.25, 0.3) is 0 Å². The maximum absolute atomic E-state index is 13.4. The Labute approximate surface area is 195 Å². The number of nitrogens with one attached hydrogen (secondary N) is 1. The van der Waals surface area contributed by atoms with Gasteiger partial charge >= 0.3 is 0 Å². The van der Waals surface area contributed by atoms with Crippen LogP contribution >= 0.6 is 11.6 Å². The van der Waals surface area contributed by atoms with Crippen molar-refractivity contribution in [3.63, 3.8) is 0 Å². The van der Waals surface area contributed by atoms with Crippen LogP contribution in [0.25, 0.3) is 0 Å². The topological polar surface area (TPSA) is 66.5 Å². The number of hydrogen-bond donors (Lipinski definition) is 1. The number of sulfonamides is 1. The third kappa shape index (κ3) is 5.16. The van der Waals surface area contributed by atoms with E-state index in [0.717, 1.165) is 28.9 Å². The van der Waals surface area contributed by atoms with Gasteiger partial charge in [-0.2, -0.15) is 4.31 Å². The van der Waals surface area contributed by atoms with Gasteiger partial charge in [0.15, 0.2) is 0 Å². The van der Waals surface area contributed by atoms with Gasteiger partial charge in [-0.15, -0.1) is 0 Å². The standard InChI is InChI=1S/C24H30ClFN2O3S/c1-15(2)19-6-5-7-20(16(3)4)23(19)27-24(29)17-10-12-28(13-11-17)32(30,31)18-8-9-22(26)21(25)14-18/h5-9,14-17H,10-13H2,1-4H3,(H,27,29). The lowest BCUT2D eigenvalue weighted by Gasteiger charge is -2.31. The van der Waals surface area contributed by atoms with Gasteiger partial charge < -0.3 is 5.32 Å². The zero-order valence-electron chi connectivity index (χ0n) is 18.9. The van der Waals surface area contributed by atoms with Crippen LogP contribution in [0.15, 0.2) is 41.3 Å². The number of benzene rings is 2. The van der Waals surface area contributed by atoms with Crippen molar-refractivity contribution in [1.82, 2.24) is 4.31 Å². The zero-order valence-corrected chi connectivity index (χ0v) is 20.4. The molecule has 8 heteroatoms. The number of carbonyl (C=O) groups excluding carboxylic acids is 1. The molecule has 0 bridgehead atoms. The fourth-order valence-electron chi connectivity index (χ4n) is 4.07. The Kier molecular flexibility index (Phi) is 7.63. The Hall–Kier alpha value is -1.96. The van der Waals surface area contributed by atoms with Crippen LogP contribution in [0.1, 0.15) is 63.5 Å². The molecule has 2 aromatic rings. The van der Waals surface area contributed by atoms with E-state index in [-0.39, 0.29) is 46.7 Å². The second-order valence-corrected chi connectivity index (χ2v) is 11.2. The van der Waals surface area contributed by atoms with Crippen molar-refractivity contribution in [1.29, 1.82) is 0 Å². The summed E-state index contributed by atoms with van der Waals surface area (Å²) in [4.78, 5) is 13.0. The number of anilines is 1. The summed E-state index contributed by atoms with van der Waals surface area (Å²) in [5, 5.41) is 2.91. The first-order valence-corrected chi connectivity index (χ1v) is 12.7. The van der Waals surface area contributed by atoms with Crippen molar-refractivity contribution in [2.45, 2.75) is 57.3 Å². The quantitative estimate of drug-likeness (QED) is 0.571. The van der Waals surface area contributed by atoms with Gasteiger partial charge in [-0.1, -0.05) is 57.5 Å². The number of piperidine rings is 1. The number of hydrogen-bond acceptors (Lipinski definition) is 3. The molecule has 1 aliphatic heterocycles. The third-order valence-corrected chi connectivity index (χ3v) is 8.16. The van der Waals surface area contributed by atoms with E-state index in [4.69, 9.17) is 11.6 Å². The van der Waals surface area contributed by atoms with Gasteiger partial charge in [0, 0.05) is 24.7 Å². The van der Waals surface area contributed by atoms with Gasteiger partial charge in [0.2, 0.25) is 15.9 Å². The molecule has 1 saturated heterocycles. The largest absolute Gasteiger partial charge is 0.325 e. The summed E-state index contributed by atoms with van der Waals surface area (Å²) < 4.78 is 40.6. The summed E-state index contributed by atoms with van der Waals surface area (Å²) in [6.07, 6.45) is 0.835. The minimum Gasteiger partial charge on any atom is -0.325 e. The Balaban J connectivity index is 1.72. The Morgan fingerprint density at radius 1 is 1.06 bits per heavy atom. The fraction of sp³-hybridized carbons (Fsp3) is 0.458. The van der Waals surface area contributed by atoms with Crippen molar-refractivity contribution in [3.8, 4) is 0 Å². The van der Waals surface area contributed by atoms with Crippen molar-refractivity contribution in [2.75, 3.05) is 18.4 Å². The summed E-state index contributed by atoms with van der Waals surface area (Å²) >= 11 is 5.76. The first kappa shape index (κ1) is 24.7. The predicted octanol–water partition coefficient (Wildman–Crippen LogP) is 5.77. The van der Waals surface area contributed by atoms with Crippen molar-refractivity contribution in [3.05, 3.63) is 58.4 Å². The highest BCUT2D eigenvalue weighted by Gasteiger charge is 2.33. The van der Waals surface area contributed by atoms with Gasteiger partial charge in [-0.25, -0.2) is 12.8 Å². The Morgan fingerprint density at radius 3 is 2.12 bits per heavy atom. The number of carbonyl (C=O) groups is 1. The van der Waals surface area contributed by atoms with Crippen molar-refractivity contribution in [2.24, 2.45) is 5.92 Å². The first-order valence-electron chi connectivity index (χ1n) is 10.9. The SMILES string of the molecule is CC(C)c1cccc(C(C)C)c1NC(=O)C1CCN(S(=O)(=O)c2ccc(F)c(Cl)c2)CC1. The number of nitrogens with zero attached hydrogens (tertiary/aromatic N) is 1.